The molecule has 4 rings (SSSR count). The first-order chi connectivity index (χ1) is 13.2. The molecule has 1 aliphatic rings. The zero-order chi connectivity index (χ0) is 18.8. The van der Waals surface area contributed by atoms with Gasteiger partial charge in [0, 0.05) is 17.0 Å². The summed E-state index contributed by atoms with van der Waals surface area (Å²) < 4.78 is 1.87. The minimum atomic E-state index is -0.824. The highest BCUT2D eigenvalue weighted by atomic mass is 32.2. The van der Waals surface area contributed by atoms with Gasteiger partial charge in [-0.15, -0.1) is 16.4 Å². The van der Waals surface area contributed by atoms with Crippen molar-refractivity contribution in [3.8, 4) is 11.8 Å². The van der Waals surface area contributed by atoms with Crippen LogP contribution in [0.4, 0.5) is 0 Å². The van der Waals surface area contributed by atoms with E-state index in [0.29, 0.717) is 16.1 Å². The zero-order valence-electron chi connectivity index (χ0n) is 14.7. The Morgan fingerprint density at radius 1 is 1.37 bits per heavy atom. The molecule has 0 N–H and O–H groups in total. The summed E-state index contributed by atoms with van der Waals surface area (Å²) >= 11 is 2.63. The van der Waals surface area contributed by atoms with Crippen LogP contribution in [-0.2, 0) is 4.79 Å². The summed E-state index contributed by atoms with van der Waals surface area (Å²) in [5, 5.41) is 17.0. The number of Topliss-reactive ketones (excluding diaryl/α,β-unsaturated/α-hetero) is 1. The fraction of sp³-hybridized carbons (Fsp3) is 0.316. The van der Waals surface area contributed by atoms with Gasteiger partial charge in [-0.1, -0.05) is 30.0 Å². The van der Waals surface area contributed by atoms with Gasteiger partial charge in [0.1, 0.15) is 10.8 Å². The molecule has 1 fully saturated rings. The number of hydrogen-bond acceptors (Lipinski definition) is 7. The first kappa shape index (κ1) is 17.9. The molecule has 2 aromatic heterocycles. The van der Waals surface area contributed by atoms with Crippen molar-refractivity contribution < 1.29 is 4.79 Å². The van der Waals surface area contributed by atoms with Crippen LogP contribution in [0.5, 0.6) is 0 Å². The Morgan fingerprint density at radius 3 is 2.78 bits per heavy atom. The van der Waals surface area contributed by atoms with Gasteiger partial charge in [0.15, 0.2) is 11.7 Å². The van der Waals surface area contributed by atoms with Crippen molar-refractivity contribution in [3.63, 3.8) is 0 Å². The van der Waals surface area contributed by atoms with Crippen LogP contribution in [0.1, 0.15) is 41.2 Å². The van der Waals surface area contributed by atoms with Crippen LogP contribution in [0, 0.1) is 18.3 Å². The Hall–Kier alpha value is -2.50. The van der Waals surface area contributed by atoms with Crippen LogP contribution in [0.2, 0.25) is 0 Å². The van der Waals surface area contributed by atoms with E-state index >= 15 is 0 Å². The Labute approximate surface area is 165 Å². The van der Waals surface area contributed by atoms with Crippen molar-refractivity contribution in [2.75, 3.05) is 5.75 Å². The molecule has 0 amide bonds. The summed E-state index contributed by atoms with van der Waals surface area (Å²) in [6.07, 6.45) is 2.24. The lowest BCUT2D eigenvalue weighted by atomic mass is 10.1. The highest BCUT2D eigenvalue weighted by Crippen LogP contribution is 2.40. The molecule has 3 aromatic rings. The maximum Gasteiger partial charge on any atom is 0.209 e. The second kappa shape index (κ2) is 7.62. The minimum absolute atomic E-state index is 0.153. The Balaban J connectivity index is 1.50. The van der Waals surface area contributed by atoms with Crippen LogP contribution in [0.3, 0.4) is 0 Å². The van der Waals surface area contributed by atoms with Crippen LogP contribution < -0.4 is 0 Å². The van der Waals surface area contributed by atoms with Gasteiger partial charge in [0.05, 0.1) is 17.5 Å². The van der Waals surface area contributed by atoms with E-state index in [1.54, 1.807) is 0 Å². The standard InChI is InChI=1S/C19H17N5OS2/c1-12-10-26-18(21-12)15(9-20)16(25)11-27-19-22-17(13-7-8-13)24(23-19)14-5-3-2-4-6-14/h2-6,10,13,15H,7-8,11H2,1H3/t15-/m1/s1. The van der Waals surface area contributed by atoms with Crippen molar-refractivity contribution >= 4 is 28.9 Å². The number of nitrogens with zero attached hydrogens (tertiary/aromatic N) is 5. The Kier molecular flexibility index (Phi) is 5.05. The van der Waals surface area contributed by atoms with Gasteiger partial charge in [-0.2, -0.15) is 5.26 Å². The first-order valence-electron chi connectivity index (χ1n) is 8.65. The molecule has 1 atom stereocenters. The normalized spacial score (nSPS) is 14.7. The third-order valence-electron chi connectivity index (χ3n) is 4.23. The molecule has 8 heteroatoms. The number of benzene rings is 1. The molecule has 1 aliphatic carbocycles. The van der Waals surface area contributed by atoms with Gasteiger partial charge >= 0.3 is 0 Å². The van der Waals surface area contributed by atoms with Crippen LogP contribution in [0.15, 0.2) is 40.9 Å². The lowest BCUT2D eigenvalue weighted by Crippen LogP contribution is -2.13. The van der Waals surface area contributed by atoms with Crippen LogP contribution in [-0.4, -0.2) is 31.3 Å². The van der Waals surface area contributed by atoms with Crippen molar-refractivity contribution in [1.29, 1.82) is 5.26 Å². The van der Waals surface area contributed by atoms with Crippen molar-refractivity contribution in [3.05, 3.63) is 52.2 Å². The number of para-hydroxylation sites is 1. The summed E-state index contributed by atoms with van der Waals surface area (Å²) in [6, 6.07) is 12.0. The molecule has 0 unspecified atom stereocenters. The minimum Gasteiger partial charge on any atom is -0.297 e. The van der Waals surface area contributed by atoms with Gasteiger partial charge in [-0.3, -0.25) is 4.79 Å². The molecule has 0 spiro atoms. The smallest absolute Gasteiger partial charge is 0.209 e. The maximum absolute atomic E-state index is 12.5. The average molecular weight is 396 g/mol. The van der Waals surface area contributed by atoms with Gasteiger partial charge in [-0.05, 0) is 31.9 Å². The highest BCUT2D eigenvalue weighted by molar-refractivity contribution is 7.99. The van der Waals surface area contributed by atoms with E-state index < -0.39 is 5.92 Å². The number of carbonyl (C=O) groups excluding carboxylic acids is 1. The van der Waals surface area contributed by atoms with Crippen molar-refractivity contribution in [2.24, 2.45) is 0 Å². The topological polar surface area (TPSA) is 84.5 Å². The summed E-state index contributed by atoms with van der Waals surface area (Å²) in [6.45, 7) is 1.85. The molecular formula is C19H17N5OS2. The average Bonchev–Trinajstić information content (AvgIpc) is 3.31. The molecule has 2 heterocycles. The molecule has 27 heavy (non-hydrogen) atoms. The van der Waals surface area contributed by atoms with Crippen molar-refractivity contribution in [2.45, 2.75) is 36.8 Å². The SMILES string of the molecule is Cc1csc([C@H](C#N)C(=O)CSc2nc(C3CC3)n(-c3ccccc3)n2)n1. The molecule has 1 aromatic carbocycles. The number of rotatable bonds is 7. The Morgan fingerprint density at radius 2 is 2.15 bits per heavy atom. The number of hydrogen-bond donors (Lipinski definition) is 0. The maximum atomic E-state index is 12.5. The third kappa shape index (κ3) is 3.94. The molecule has 6 nitrogen and oxygen atoms in total. The number of carbonyl (C=O) groups is 1. The second-order valence-electron chi connectivity index (χ2n) is 6.42. The largest absolute Gasteiger partial charge is 0.297 e. The highest BCUT2D eigenvalue weighted by Gasteiger charge is 2.31. The summed E-state index contributed by atoms with van der Waals surface area (Å²) in [7, 11) is 0. The van der Waals surface area contributed by atoms with E-state index in [0.717, 1.165) is 30.0 Å². The fourth-order valence-corrected chi connectivity index (χ4v) is 4.32. The predicted molar refractivity (Wildman–Crippen MR) is 104 cm³/mol. The molecule has 0 bridgehead atoms. The lowest BCUT2D eigenvalue weighted by molar-refractivity contribution is -0.116. The zero-order valence-corrected chi connectivity index (χ0v) is 16.3. The van der Waals surface area contributed by atoms with Crippen LogP contribution in [0.25, 0.3) is 5.69 Å². The number of nitriles is 1. The summed E-state index contributed by atoms with van der Waals surface area (Å²) in [5.74, 6) is 0.549. The van der Waals surface area contributed by atoms with E-state index in [9.17, 15) is 10.1 Å². The second-order valence-corrected chi connectivity index (χ2v) is 8.25. The van der Waals surface area contributed by atoms with E-state index in [4.69, 9.17) is 0 Å². The van der Waals surface area contributed by atoms with E-state index in [1.165, 1.54) is 23.1 Å². The Bertz CT molecular complexity index is 1000. The summed E-state index contributed by atoms with van der Waals surface area (Å²) in [5.41, 5.74) is 1.80. The quantitative estimate of drug-likeness (QED) is 0.565. The third-order valence-corrected chi connectivity index (χ3v) is 6.12. The van der Waals surface area contributed by atoms with E-state index in [1.807, 2.05) is 47.3 Å². The molecule has 136 valence electrons. The predicted octanol–water partition coefficient (Wildman–Crippen LogP) is 3.88. The number of ketones is 1. The molecule has 0 aliphatic heterocycles. The van der Waals surface area contributed by atoms with Gasteiger partial charge < -0.3 is 0 Å². The monoisotopic (exact) mass is 395 g/mol. The number of aromatic nitrogens is 4. The van der Waals surface area contributed by atoms with E-state index in [-0.39, 0.29) is 11.5 Å². The number of thioether (sulfide) groups is 1. The summed E-state index contributed by atoms with van der Waals surface area (Å²) in [4.78, 5) is 21.5. The molecule has 0 saturated heterocycles. The van der Waals surface area contributed by atoms with E-state index in [2.05, 4.69) is 21.1 Å². The fourth-order valence-electron chi connectivity index (χ4n) is 2.72. The van der Waals surface area contributed by atoms with Crippen LogP contribution >= 0.6 is 23.1 Å². The lowest BCUT2D eigenvalue weighted by Gasteiger charge is -2.04. The molecule has 0 radical (unpaired) electrons. The molecular weight excluding hydrogens is 378 g/mol. The molecule has 1 saturated carbocycles. The van der Waals surface area contributed by atoms with Gasteiger partial charge in [0.2, 0.25) is 5.16 Å². The van der Waals surface area contributed by atoms with Gasteiger partial charge in [0.25, 0.3) is 0 Å². The number of thiazole rings is 1. The van der Waals surface area contributed by atoms with Crippen molar-refractivity contribution in [1.82, 2.24) is 19.7 Å². The first-order valence-corrected chi connectivity index (χ1v) is 10.5. The van der Waals surface area contributed by atoms with Gasteiger partial charge in [-0.25, -0.2) is 14.6 Å². The number of aryl methyl sites for hydroxylation is 1.